The first kappa shape index (κ1) is 21.1. The summed E-state index contributed by atoms with van der Waals surface area (Å²) in [5, 5.41) is 14.1. The number of hydrogen-bond acceptors (Lipinski definition) is 5. The number of carbonyl (C=O) groups excluding carboxylic acids is 1. The van der Waals surface area contributed by atoms with Crippen LogP contribution in [-0.2, 0) is 9.53 Å². The molecule has 2 aliphatic rings. The zero-order chi connectivity index (χ0) is 21.1. The molecule has 30 heavy (non-hydrogen) atoms. The minimum absolute atomic E-state index is 0.0297. The number of nitrogens with one attached hydrogen (secondary N) is 1. The lowest BCUT2D eigenvalue weighted by atomic mass is 9.81. The Labute approximate surface area is 178 Å². The maximum Gasteiger partial charge on any atom is 0.223 e. The smallest absolute Gasteiger partial charge is 0.223 e. The average Bonchev–Trinajstić information content (AvgIpc) is 2.69. The van der Waals surface area contributed by atoms with Crippen molar-refractivity contribution < 1.29 is 19.4 Å². The van der Waals surface area contributed by atoms with Crippen LogP contribution < -0.4 is 10.1 Å². The molecule has 0 spiro atoms. The lowest BCUT2D eigenvalue weighted by molar-refractivity contribution is -0.132. The van der Waals surface area contributed by atoms with Crippen LogP contribution in [-0.4, -0.2) is 46.5 Å². The normalized spacial score (nSPS) is 26.8. The average molecular weight is 413 g/mol. The second-order valence-electron chi connectivity index (χ2n) is 9.35. The molecule has 1 aromatic carbocycles. The van der Waals surface area contributed by atoms with Gasteiger partial charge in [-0.1, -0.05) is 18.2 Å². The van der Waals surface area contributed by atoms with Crippen molar-refractivity contribution in [1.29, 1.82) is 0 Å². The van der Waals surface area contributed by atoms with Crippen molar-refractivity contribution in [2.75, 3.05) is 6.61 Å². The van der Waals surface area contributed by atoms with Gasteiger partial charge in [0.2, 0.25) is 5.91 Å². The molecule has 1 amide bonds. The number of aromatic nitrogens is 1. The topological polar surface area (TPSA) is 80.7 Å². The summed E-state index contributed by atoms with van der Waals surface area (Å²) in [5.74, 6) is 0.968. The number of rotatable bonds is 7. The first-order valence-electron chi connectivity index (χ1n) is 11.0. The largest absolute Gasteiger partial charge is 0.488 e. The summed E-state index contributed by atoms with van der Waals surface area (Å²) in [5.41, 5.74) is 0.0761. The molecule has 1 heterocycles. The SMILES string of the molecule is CC(C)(O)CO[C@H]1CC[C@H](NC(=O)[C@H]2C[C@H](Oc3cccc4cccnc34)C2)CC1. The van der Waals surface area contributed by atoms with Gasteiger partial charge in [0.15, 0.2) is 0 Å². The van der Waals surface area contributed by atoms with E-state index in [4.69, 9.17) is 9.47 Å². The zero-order valence-electron chi connectivity index (χ0n) is 17.8. The summed E-state index contributed by atoms with van der Waals surface area (Å²) in [4.78, 5) is 17.0. The Hall–Kier alpha value is -2.18. The van der Waals surface area contributed by atoms with Crippen LogP contribution in [0.25, 0.3) is 10.9 Å². The molecular weight excluding hydrogens is 380 g/mol. The van der Waals surface area contributed by atoms with Crippen LogP contribution >= 0.6 is 0 Å². The Morgan fingerprint density at radius 2 is 1.87 bits per heavy atom. The van der Waals surface area contributed by atoms with E-state index < -0.39 is 5.60 Å². The Morgan fingerprint density at radius 1 is 1.13 bits per heavy atom. The number of benzene rings is 1. The number of aliphatic hydroxyl groups is 1. The van der Waals surface area contributed by atoms with Crippen molar-refractivity contribution in [2.24, 2.45) is 5.92 Å². The van der Waals surface area contributed by atoms with Gasteiger partial charge in [-0.2, -0.15) is 0 Å². The molecule has 0 unspecified atom stereocenters. The number of carbonyl (C=O) groups is 1. The first-order valence-corrected chi connectivity index (χ1v) is 11.0. The van der Waals surface area contributed by atoms with Gasteiger partial charge in [0, 0.05) is 23.5 Å². The monoisotopic (exact) mass is 412 g/mol. The molecule has 2 saturated carbocycles. The minimum Gasteiger partial charge on any atom is -0.488 e. The second-order valence-corrected chi connectivity index (χ2v) is 9.35. The Bertz CT molecular complexity index is 860. The molecule has 2 fully saturated rings. The molecule has 162 valence electrons. The fourth-order valence-corrected chi connectivity index (χ4v) is 4.24. The summed E-state index contributed by atoms with van der Waals surface area (Å²) >= 11 is 0. The van der Waals surface area contributed by atoms with Crippen molar-refractivity contribution in [1.82, 2.24) is 10.3 Å². The van der Waals surface area contributed by atoms with Crippen LogP contribution in [0.3, 0.4) is 0 Å². The van der Waals surface area contributed by atoms with E-state index in [9.17, 15) is 9.90 Å². The van der Waals surface area contributed by atoms with Crippen molar-refractivity contribution >= 4 is 16.8 Å². The molecular formula is C24H32N2O4. The van der Waals surface area contributed by atoms with Crippen LogP contribution in [0, 0.1) is 5.92 Å². The van der Waals surface area contributed by atoms with Gasteiger partial charge >= 0.3 is 0 Å². The van der Waals surface area contributed by atoms with Gasteiger partial charge in [-0.15, -0.1) is 0 Å². The van der Waals surface area contributed by atoms with E-state index >= 15 is 0 Å². The van der Waals surface area contributed by atoms with Crippen LogP contribution in [0.4, 0.5) is 0 Å². The number of hydrogen-bond donors (Lipinski definition) is 2. The predicted molar refractivity (Wildman–Crippen MR) is 115 cm³/mol. The summed E-state index contributed by atoms with van der Waals surface area (Å²) in [6.07, 6.45) is 7.22. The number of pyridine rings is 1. The van der Waals surface area contributed by atoms with E-state index in [-0.39, 0.29) is 30.1 Å². The molecule has 2 aliphatic carbocycles. The zero-order valence-corrected chi connectivity index (χ0v) is 17.8. The first-order chi connectivity index (χ1) is 14.4. The third kappa shape index (κ3) is 5.29. The number of nitrogens with zero attached hydrogens (tertiary/aromatic N) is 1. The Morgan fingerprint density at radius 3 is 2.60 bits per heavy atom. The van der Waals surface area contributed by atoms with Crippen LogP contribution in [0.15, 0.2) is 36.5 Å². The fourth-order valence-electron chi connectivity index (χ4n) is 4.24. The quantitative estimate of drug-likeness (QED) is 0.726. The second kappa shape index (κ2) is 8.90. The van der Waals surface area contributed by atoms with Gasteiger partial charge in [0.05, 0.1) is 18.3 Å². The van der Waals surface area contributed by atoms with Crippen LogP contribution in [0.2, 0.25) is 0 Å². The van der Waals surface area contributed by atoms with Crippen molar-refractivity contribution in [3.63, 3.8) is 0 Å². The van der Waals surface area contributed by atoms with Gasteiger partial charge in [-0.05, 0) is 64.5 Å². The third-order valence-electron chi connectivity index (χ3n) is 6.05. The van der Waals surface area contributed by atoms with Crippen LogP contribution in [0.5, 0.6) is 5.75 Å². The number of para-hydroxylation sites is 1. The molecule has 4 rings (SSSR count). The lowest BCUT2D eigenvalue weighted by Gasteiger charge is -2.36. The van der Waals surface area contributed by atoms with Crippen molar-refractivity contribution in [3.05, 3.63) is 36.5 Å². The molecule has 0 bridgehead atoms. The number of amides is 1. The lowest BCUT2D eigenvalue weighted by Crippen LogP contribution is -2.48. The van der Waals surface area contributed by atoms with E-state index in [1.54, 1.807) is 20.0 Å². The Kier molecular flexibility index (Phi) is 6.25. The number of fused-ring (bicyclic) bond motifs is 1. The van der Waals surface area contributed by atoms with Gasteiger partial charge in [0.1, 0.15) is 17.4 Å². The highest BCUT2D eigenvalue weighted by molar-refractivity contribution is 5.84. The third-order valence-corrected chi connectivity index (χ3v) is 6.05. The van der Waals surface area contributed by atoms with Crippen LogP contribution in [0.1, 0.15) is 52.4 Å². The minimum atomic E-state index is -0.796. The van der Waals surface area contributed by atoms with E-state index in [1.165, 1.54) is 0 Å². The molecule has 0 atom stereocenters. The summed E-state index contributed by atoms with van der Waals surface area (Å²) in [6.45, 7) is 3.86. The van der Waals surface area contributed by atoms with E-state index in [0.29, 0.717) is 6.61 Å². The summed E-state index contributed by atoms with van der Waals surface area (Å²) < 4.78 is 11.9. The molecule has 1 aromatic heterocycles. The standard InChI is InChI=1S/C24H32N2O4/c1-24(2,28)15-29-19-10-8-18(9-11-19)26-23(27)17-13-20(14-17)30-21-7-3-5-16-6-4-12-25-22(16)21/h3-7,12,17-20,28H,8-11,13-15H2,1-2H3,(H,26,27)/t17-,18-,19-,20-. The number of ether oxygens (including phenoxy) is 2. The van der Waals surface area contributed by atoms with Crippen molar-refractivity contribution in [2.45, 2.75) is 76.2 Å². The highest BCUT2D eigenvalue weighted by atomic mass is 16.5. The van der Waals surface area contributed by atoms with Gasteiger partial charge in [-0.3, -0.25) is 9.78 Å². The van der Waals surface area contributed by atoms with E-state index in [1.807, 2.05) is 30.3 Å². The molecule has 2 N–H and O–H groups in total. The maximum absolute atomic E-state index is 12.6. The maximum atomic E-state index is 12.6. The predicted octanol–water partition coefficient (Wildman–Crippen LogP) is 3.61. The molecule has 2 aromatic rings. The van der Waals surface area contributed by atoms with Crippen molar-refractivity contribution in [3.8, 4) is 5.75 Å². The fraction of sp³-hybridized carbons (Fsp3) is 0.583. The summed E-state index contributed by atoms with van der Waals surface area (Å²) in [7, 11) is 0. The molecule has 6 heteroatoms. The highest BCUT2D eigenvalue weighted by Crippen LogP contribution is 2.34. The molecule has 0 radical (unpaired) electrons. The van der Waals surface area contributed by atoms with Gasteiger partial charge in [0.25, 0.3) is 0 Å². The molecule has 6 nitrogen and oxygen atoms in total. The van der Waals surface area contributed by atoms with Gasteiger partial charge in [-0.25, -0.2) is 0 Å². The van der Waals surface area contributed by atoms with Gasteiger partial charge < -0.3 is 19.9 Å². The highest BCUT2D eigenvalue weighted by Gasteiger charge is 2.37. The molecule has 0 saturated heterocycles. The molecule has 0 aliphatic heterocycles. The van der Waals surface area contributed by atoms with E-state index in [0.717, 1.165) is 55.2 Å². The van der Waals surface area contributed by atoms with E-state index in [2.05, 4.69) is 10.3 Å². The summed E-state index contributed by atoms with van der Waals surface area (Å²) in [6, 6.07) is 10.1. The Balaban J connectivity index is 1.19.